The topological polar surface area (TPSA) is 92.1 Å². The van der Waals surface area contributed by atoms with Crippen LogP contribution in [0.25, 0.3) is 271 Å². The molecule has 23 aromatic carbocycles. The lowest BCUT2D eigenvalue weighted by Crippen LogP contribution is -1.98. The van der Waals surface area contributed by atoms with Gasteiger partial charge in [0, 0.05) is 32.3 Å². The molecule has 6 aromatic heterocycles. The number of hydrogen-bond donors (Lipinski definition) is 0. The van der Waals surface area contributed by atoms with Crippen molar-refractivity contribution in [1.29, 1.82) is 0 Å². The molecule has 29 aromatic rings. The predicted molar refractivity (Wildman–Crippen MR) is 614 cm³/mol. The van der Waals surface area contributed by atoms with Crippen LogP contribution in [0.4, 0.5) is 0 Å². The Morgan fingerprint density at radius 1 is 0.122 bits per heavy atom. The van der Waals surface area contributed by atoms with E-state index in [2.05, 4.69) is 481 Å². The third-order valence-electron chi connectivity index (χ3n) is 28.7. The zero-order valence-electron chi connectivity index (χ0n) is 79.9. The summed E-state index contributed by atoms with van der Waals surface area (Å²) in [6, 6.07) is 192. The van der Waals surface area contributed by atoms with Crippen LogP contribution in [0.15, 0.2) is 540 Å². The molecular formula is C138H89N9. The fourth-order valence-electron chi connectivity index (χ4n) is 21.6. The minimum Gasteiger partial charge on any atom is -0.292 e. The first-order valence-corrected chi connectivity index (χ1v) is 49.9. The van der Waals surface area contributed by atoms with E-state index in [0.717, 1.165) is 155 Å². The van der Waals surface area contributed by atoms with Gasteiger partial charge in [-0.05, 0) is 284 Å². The summed E-state index contributed by atoms with van der Waals surface area (Å²) in [7, 11) is 0. The Morgan fingerprint density at radius 2 is 0.361 bits per heavy atom. The average Bonchev–Trinajstić information content (AvgIpc) is 1.58. The smallest absolute Gasteiger partial charge is 0.165 e. The second-order valence-electron chi connectivity index (χ2n) is 37.5. The van der Waals surface area contributed by atoms with E-state index in [4.69, 9.17) is 29.9 Å². The number of fused-ring (bicyclic) bond motifs is 15. The summed E-state index contributed by atoms with van der Waals surface area (Å²) in [5, 5.41) is 10.3. The summed E-state index contributed by atoms with van der Waals surface area (Å²) in [6.07, 6.45) is 0. The van der Waals surface area contributed by atoms with Crippen molar-refractivity contribution in [3.05, 3.63) is 540 Å². The molecule has 686 valence electrons. The second kappa shape index (κ2) is 37.0. The Morgan fingerprint density at radius 3 is 0.707 bits per heavy atom. The maximum atomic E-state index is 5.29. The van der Waals surface area contributed by atoms with Gasteiger partial charge in [-0.25, -0.2) is 29.9 Å². The number of benzene rings is 23. The Hall–Kier alpha value is -19.7. The molecule has 0 aliphatic carbocycles. The molecule has 0 radical (unpaired) electrons. The third kappa shape index (κ3) is 16.0. The van der Waals surface area contributed by atoms with Crippen molar-refractivity contribution >= 4 is 132 Å². The highest BCUT2D eigenvalue weighted by molar-refractivity contribution is 6.15. The lowest BCUT2D eigenvalue weighted by molar-refractivity contribution is 1.15. The Kier molecular flexibility index (Phi) is 21.8. The van der Waals surface area contributed by atoms with Gasteiger partial charge in [0.25, 0.3) is 0 Å². The molecule has 0 saturated heterocycles. The van der Waals surface area contributed by atoms with E-state index < -0.39 is 0 Å². The number of nitrogens with zero attached hydrogens (tertiary/aromatic N) is 9. The fourth-order valence-corrected chi connectivity index (χ4v) is 21.6. The van der Waals surface area contributed by atoms with E-state index in [9.17, 15) is 0 Å². The van der Waals surface area contributed by atoms with Gasteiger partial charge >= 0.3 is 0 Å². The van der Waals surface area contributed by atoms with Crippen LogP contribution in [0.3, 0.4) is 0 Å². The molecule has 0 bridgehead atoms. The van der Waals surface area contributed by atoms with E-state index in [1.807, 2.05) is 72.8 Å². The molecule has 0 atom stereocenters. The summed E-state index contributed by atoms with van der Waals surface area (Å²) in [4.78, 5) is 31.4. The SMILES string of the molecule is c1ccc(-c2cc(-c3ccccc3)cc(-c3ccc4c(c3)c3nc5ccccc5nc3n4-c3cccc4c(-c5ccccc5)cccc34)c2)cc1.c1ccc(-c2cc(-c3ccccc3)cc(-c3ccc4c5nc6ccccc6nc5n(-c5cccc6c(-c7ccccc7)cccc56)c4c3)c2)cc1.c1ccc(-c2cc(-c3ccccc3)cc(-c3ccc4c5nc6ccccc6nc5n(-c5cccc6ccccc56)c4c3)c2)cc1. The standard InChI is InChI=1S/2C48H31N3.C42H27N3/c1-4-14-32(15-5-1)36-28-37(33-16-6-2-7-17-33)30-38(29-36)35-26-27-46-42(31-35)47-48(50-44-24-11-10-23-43(44)49-47)51(46)45-25-13-21-40-39(20-12-22-41(40)45)34-18-8-3-9-19-34;1-4-14-32(15-5-1)36-28-37(33-16-6-2-7-17-33)30-38(29-36)35-26-27-42-46(31-35)51(48-47(42)49-43-23-10-11-24-44(43)50-48)45-25-13-21-40-39(20-12-22-41(40)45)34-18-8-3-9-19-34;1-3-12-28(13-4-1)32-24-33(29-14-5-2-6-15-29)26-34(25-32)31-22-23-36-40(27-31)45(39-21-11-17-30-16-7-8-18-35(30)39)42-41(36)43-37-19-9-10-20-38(37)44-42/h2*1-31H;1-27H. The van der Waals surface area contributed by atoms with Crippen molar-refractivity contribution in [2.24, 2.45) is 0 Å². The molecular weight excluding hydrogens is 1780 g/mol. The molecule has 0 saturated carbocycles. The maximum Gasteiger partial charge on any atom is 0.165 e. The quantitative estimate of drug-likeness (QED) is 0.108. The fraction of sp³-hybridized carbons (Fsp3) is 0. The molecule has 0 aliphatic rings. The van der Waals surface area contributed by atoms with Crippen LogP contribution in [0.1, 0.15) is 0 Å². The molecule has 0 aliphatic heterocycles. The van der Waals surface area contributed by atoms with Gasteiger partial charge in [-0.3, -0.25) is 13.7 Å². The molecule has 0 fully saturated rings. The lowest BCUT2D eigenvalue weighted by atomic mass is 9.93. The van der Waals surface area contributed by atoms with Crippen molar-refractivity contribution < 1.29 is 0 Å². The van der Waals surface area contributed by atoms with Gasteiger partial charge in [-0.2, -0.15) is 0 Å². The lowest BCUT2D eigenvalue weighted by Gasteiger charge is -2.15. The molecule has 0 unspecified atom stereocenters. The van der Waals surface area contributed by atoms with Gasteiger partial charge < -0.3 is 0 Å². The van der Waals surface area contributed by atoms with Gasteiger partial charge in [0.05, 0.1) is 66.7 Å². The molecule has 0 spiro atoms. The predicted octanol–water partition coefficient (Wildman–Crippen LogP) is 36.0. The number of hydrogen-bond acceptors (Lipinski definition) is 6. The minimum absolute atomic E-state index is 0.849. The summed E-state index contributed by atoms with van der Waals surface area (Å²) in [5.41, 5.74) is 43.0. The van der Waals surface area contributed by atoms with E-state index in [1.54, 1.807) is 0 Å². The zero-order valence-corrected chi connectivity index (χ0v) is 79.9. The zero-order chi connectivity index (χ0) is 97.2. The summed E-state index contributed by atoms with van der Waals surface area (Å²) < 4.78 is 6.93. The van der Waals surface area contributed by atoms with E-state index in [1.165, 1.54) is 116 Å². The van der Waals surface area contributed by atoms with E-state index in [-0.39, 0.29) is 0 Å². The molecule has 9 nitrogen and oxygen atoms in total. The van der Waals surface area contributed by atoms with Gasteiger partial charge in [0.2, 0.25) is 0 Å². The van der Waals surface area contributed by atoms with Crippen molar-refractivity contribution in [3.63, 3.8) is 0 Å². The largest absolute Gasteiger partial charge is 0.292 e. The van der Waals surface area contributed by atoms with Crippen LogP contribution in [0.5, 0.6) is 0 Å². The van der Waals surface area contributed by atoms with Gasteiger partial charge in [-0.15, -0.1) is 0 Å². The Bertz CT molecular complexity index is 9960. The summed E-state index contributed by atoms with van der Waals surface area (Å²) in [5.74, 6) is 0. The molecule has 6 heterocycles. The second-order valence-corrected chi connectivity index (χ2v) is 37.5. The van der Waals surface area contributed by atoms with Gasteiger partial charge in [-0.1, -0.05) is 394 Å². The number of aromatic nitrogens is 9. The molecule has 0 N–H and O–H groups in total. The van der Waals surface area contributed by atoms with E-state index >= 15 is 0 Å². The first-order valence-electron chi connectivity index (χ1n) is 49.9. The Balaban J connectivity index is 0.000000109. The molecule has 0 amide bonds. The first-order chi connectivity index (χ1) is 72.9. The molecule has 9 heteroatoms. The van der Waals surface area contributed by atoms with Crippen LogP contribution < -0.4 is 0 Å². The highest BCUT2D eigenvalue weighted by atomic mass is 15.1. The Labute approximate surface area is 848 Å². The highest BCUT2D eigenvalue weighted by Crippen LogP contribution is 2.47. The van der Waals surface area contributed by atoms with Crippen LogP contribution in [-0.2, 0) is 0 Å². The van der Waals surface area contributed by atoms with Crippen molar-refractivity contribution in [1.82, 2.24) is 43.6 Å². The van der Waals surface area contributed by atoms with Gasteiger partial charge in [0.1, 0.15) is 16.6 Å². The van der Waals surface area contributed by atoms with Crippen LogP contribution >= 0.6 is 0 Å². The van der Waals surface area contributed by atoms with Crippen LogP contribution in [0.2, 0.25) is 0 Å². The normalized spacial score (nSPS) is 11.5. The third-order valence-corrected chi connectivity index (χ3v) is 28.7. The van der Waals surface area contributed by atoms with Crippen molar-refractivity contribution in [3.8, 4) is 139 Å². The summed E-state index contributed by atoms with van der Waals surface area (Å²) in [6.45, 7) is 0. The first kappa shape index (κ1) is 86.4. The van der Waals surface area contributed by atoms with Crippen molar-refractivity contribution in [2.45, 2.75) is 0 Å². The number of rotatable bonds is 14. The van der Waals surface area contributed by atoms with Gasteiger partial charge in [0.15, 0.2) is 16.9 Å². The number of para-hydroxylation sites is 6. The average molecular weight is 1870 g/mol. The van der Waals surface area contributed by atoms with Crippen molar-refractivity contribution in [2.75, 3.05) is 0 Å². The molecule has 147 heavy (non-hydrogen) atoms. The highest BCUT2D eigenvalue weighted by Gasteiger charge is 2.26. The monoisotopic (exact) mass is 1870 g/mol. The molecule has 29 rings (SSSR count). The van der Waals surface area contributed by atoms with Crippen LogP contribution in [0, 0.1) is 0 Å². The van der Waals surface area contributed by atoms with E-state index in [0.29, 0.717) is 0 Å². The van der Waals surface area contributed by atoms with Crippen LogP contribution in [-0.4, -0.2) is 43.6 Å². The summed E-state index contributed by atoms with van der Waals surface area (Å²) >= 11 is 0. The maximum absolute atomic E-state index is 5.29. The minimum atomic E-state index is 0.849.